The molecule has 1 aliphatic carbocycles. The number of carbonyl (C=O) groups is 2. The van der Waals surface area contributed by atoms with Crippen LogP contribution in [0.4, 0.5) is 18.0 Å². The molecule has 2 aliphatic rings. The Balaban J connectivity index is 1.98. The Morgan fingerprint density at radius 3 is 2.54 bits per heavy atom. The van der Waals surface area contributed by atoms with Crippen LogP contribution in [0.1, 0.15) is 37.3 Å². The number of halogens is 3. The Morgan fingerprint density at radius 1 is 1.29 bits per heavy atom. The number of hydrogen-bond acceptors (Lipinski definition) is 6. The number of carbonyl (C=O) groups excluding carboxylic acids is 2. The number of nitrogens with two attached hydrogens (primary N) is 1. The lowest BCUT2D eigenvalue weighted by Crippen LogP contribution is -2.64. The van der Waals surface area contributed by atoms with Crippen LogP contribution in [-0.4, -0.2) is 34.1 Å². The molecule has 0 radical (unpaired) electrons. The molecule has 0 spiro atoms. The highest BCUT2D eigenvalue weighted by Gasteiger charge is 2.66. The van der Waals surface area contributed by atoms with Crippen LogP contribution < -0.4 is 16.6 Å². The SMILES string of the molecule is CCOC(=O)C12CCCC1(NNC(N)=O)N=C(c1ccc(C(F)(F)F)cc1)S2. The third kappa shape index (κ3) is 3.44. The normalized spacial score (nSPS) is 26.5. The van der Waals surface area contributed by atoms with E-state index in [1.165, 1.54) is 12.1 Å². The molecule has 7 nitrogen and oxygen atoms in total. The van der Waals surface area contributed by atoms with Crippen molar-refractivity contribution in [3.8, 4) is 0 Å². The van der Waals surface area contributed by atoms with Gasteiger partial charge in [0.1, 0.15) is 5.04 Å². The third-order valence-corrected chi connectivity index (χ3v) is 6.33. The number of fused-ring (bicyclic) bond motifs is 1. The molecule has 2 unspecified atom stereocenters. The van der Waals surface area contributed by atoms with E-state index in [-0.39, 0.29) is 6.61 Å². The number of aliphatic imine (C=N–C) groups is 1. The number of nitrogens with one attached hydrogen (secondary N) is 2. The number of amides is 2. The molecule has 28 heavy (non-hydrogen) atoms. The van der Waals surface area contributed by atoms with Gasteiger partial charge < -0.3 is 10.5 Å². The lowest BCUT2D eigenvalue weighted by Gasteiger charge is -2.35. The van der Waals surface area contributed by atoms with Gasteiger partial charge in [-0.25, -0.2) is 10.2 Å². The van der Waals surface area contributed by atoms with Gasteiger partial charge in [0.15, 0.2) is 10.4 Å². The summed E-state index contributed by atoms with van der Waals surface area (Å²) in [4.78, 5) is 28.6. The zero-order valence-electron chi connectivity index (χ0n) is 14.9. The molecular weight excluding hydrogens is 397 g/mol. The zero-order valence-corrected chi connectivity index (χ0v) is 15.7. The Hall–Kier alpha value is -2.27. The molecule has 2 amide bonds. The first-order valence-corrected chi connectivity index (χ1v) is 9.41. The lowest BCUT2D eigenvalue weighted by molar-refractivity contribution is -0.147. The lowest BCUT2D eigenvalue weighted by atomic mass is 9.96. The van der Waals surface area contributed by atoms with Gasteiger partial charge in [0.25, 0.3) is 0 Å². The Kier molecular flexibility index (Phi) is 5.32. The summed E-state index contributed by atoms with van der Waals surface area (Å²) in [6.45, 7) is 1.84. The van der Waals surface area contributed by atoms with E-state index < -0.39 is 34.2 Å². The fourth-order valence-corrected chi connectivity index (χ4v) is 5.03. The highest BCUT2D eigenvalue weighted by atomic mass is 32.2. The fraction of sp³-hybridized carbons (Fsp3) is 0.471. The molecule has 2 atom stereocenters. The molecule has 4 N–H and O–H groups in total. The second kappa shape index (κ2) is 7.28. The van der Waals surface area contributed by atoms with Gasteiger partial charge in [0, 0.05) is 5.56 Å². The minimum atomic E-state index is -4.44. The molecule has 3 rings (SSSR count). The molecule has 1 fully saturated rings. The van der Waals surface area contributed by atoms with Crippen LogP contribution in [0.5, 0.6) is 0 Å². The van der Waals surface area contributed by atoms with Crippen LogP contribution in [0, 0.1) is 0 Å². The number of nitrogens with zero attached hydrogens (tertiary/aromatic N) is 1. The summed E-state index contributed by atoms with van der Waals surface area (Å²) in [5.74, 6) is -0.498. The van der Waals surface area contributed by atoms with Gasteiger partial charge in [0.2, 0.25) is 0 Å². The minimum Gasteiger partial charge on any atom is -0.465 e. The zero-order chi connectivity index (χ0) is 20.6. The number of rotatable bonds is 5. The van der Waals surface area contributed by atoms with Gasteiger partial charge in [-0.05, 0) is 38.3 Å². The molecule has 1 heterocycles. The van der Waals surface area contributed by atoms with Gasteiger partial charge in [0.05, 0.1) is 12.2 Å². The van der Waals surface area contributed by atoms with Gasteiger partial charge in [-0.2, -0.15) is 13.2 Å². The fourth-order valence-electron chi connectivity index (χ4n) is 3.49. The first-order valence-electron chi connectivity index (χ1n) is 8.60. The summed E-state index contributed by atoms with van der Waals surface area (Å²) in [5.41, 5.74) is 8.65. The summed E-state index contributed by atoms with van der Waals surface area (Å²) >= 11 is 1.13. The highest BCUT2D eigenvalue weighted by Crippen LogP contribution is 2.56. The first kappa shape index (κ1) is 20.5. The Morgan fingerprint density at radius 2 is 1.96 bits per heavy atom. The van der Waals surface area contributed by atoms with E-state index in [0.29, 0.717) is 29.9 Å². The first-order chi connectivity index (χ1) is 13.1. The van der Waals surface area contributed by atoms with Crippen molar-refractivity contribution in [3.63, 3.8) is 0 Å². The van der Waals surface area contributed by atoms with Gasteiger partial charge in [-0.15, -0.1) is 0 Å². The number of esters is 1. The number of hydrazine groups is 1. The number of thioether (sulfide) groups is 1. The Labute approximate surface area is 163 Å². The average Bonchev–Trinajstić information content (AvgIpc) is 3.13. The van der Waals surface area contributed by atoms with Gasteiger partial charge in [-0.3, -0.25) is 15.2 Å². The van der Waals surface area contributed by atoms with Crippen LogP contribution in [-0.2, 0) is 15.7 Å². The number of alkyl halides is 3. The van der Waals surface area contributed by atoms with Crippen molar-refractivity contribution >= 4 is 28.8 Å². The van der Waals surface area contributed by atoms with Crippen molar-refractivity contribution in [2.75, 3.05) is 6.61 Å². The topological polar surface area (TPSA) is 106 Å². The van der Waals surface area contributed by atoms with E-state index in [1.54, 1.807) is 6.92 Å². The van der Waals surface area contributed by atoms with Crippen LogP contribution >= 0.6 is 11.8 Å². The monoisotopic (exact) mass is 416 g/mol. The molecule has 1 aromatic rings. The number of ether oxygens (including phenoxy) is 1. The van der Waals surface area contributed by atoms with E-state index in [0.717, 1.165) is 23.9 Å². The largest absolute Gasteiger partial charge is 0.465 e. The Bertz CT molecular complexity index is 815. The van der Waals surface area contributed by atoms with Crippen LogP contribution in [0.15, 0.2) is 29.3 Å². The van der Waals surface area contributed by atoms with Gasteiger partial charge >= 0.3 is 18.2 Å². The predicted molar refractivity (Wildman–Crippen MR) is 97.4 cm³/mol. The summed E-state index contributed by atoms with van der Waals surface area (Å²) in [7, 11) is 0. The van der Waals surface area contributed by atoms with Crippen LogP contribution in [0.2, 0.25) is 0 Å². The molecule has 0 aromatic heterocycles. The number of hydrogen-bond donors (Lipinski definition) is 3. The van der Waals surface area contributed by atoms with E-state index >= 15 is 0 Å². The summed E-state index contributed by atoms with van der Waals surface area (Å²) in [6, 6.07) is 3.70. The average molecular weight is 416 g/mol. The van der Waals surface area contributed by atoms with Gasteiger partial charge in [-0.1, -0.05) is 23.9 Å². The molecule has 152 valence electrons. The second-order valence-corrected chi connectivity index (χ2v) is 7.76. The second-order valence-electron chi connectivity index (χ2n) is 6.47. The standard InChI is InChI=1S/C17H19F3N4O3S/c1-2-27-13(25)15-8-3-9-16(15,24-23-14(21)26)22-12(28-15)10-4-6-11(7-5-10)17(18,19)20/h4-7,24H,2-3,8-9H2,1H3,(H3,21,23,26). The van der Waals surface area contributed by atoms with Crippen molar-refractivity contribution in [2.24, 2.45) is 10.7 Å². The van der Waals surface area contributed by atoms with E-state index in [9.17, 15) is 22.8 Å². The van der Waals surface area contributed by atoms with E-state index in [1.807, 2.05) is 0 Å². The maximum Gasteiger partial charge on any atom is 0.416 e. The van der Waals surface area contributed by atoms with Crippen molar-refractivity contribution in [3.05, 3.63) is 35.4 Å². The summed E-state index contributed by atoms with van der Waals surface area (Å²) in [5, 5.41) is 0.389. The van der Waals surface area contributed by atoms with Crippen molar-refractivity contribution in [1.29, 1.82) is 0 Å². The molecular formula is C17H19F3N4O3S. The summed E-state index contributed by atoms with van der Waals surface area (Å²) in [6.07, 6.45) is -2.95. The minimum absolute atomic E-state index is 0.163. The number of urea groups is 1. The van der Waals surface area contributed by atoms with Crippen molar-refractivity contribution in [2.45, 2.75) is 42.8 Å². The highest BCUT2D eigenvalue weighted by molar-refractivity contribution is 8.16. The molecule has 0 bridgehead atoms. The smallest absolute Gasteiger partial charge is 0.416 e. The van der Waals surface area contributed by atoms with Crippen molar-refractivity contribution < 1.29 is 27.5 Å². The molecule has 0 saturated heterocycles. The number of benzene rings is 1. The van der Waals surface area contributed by atoms with E-state index in [4.69, 9.17) is 10.5 Å². The van der Waals surface area contributed by atoms with Crippen LogP contribution in [0.25, 0.3) is 0 Å². The van der Waals surface area contributed by atoms with Crippen molar-refractivity contribution in [1.82, 2.24) is 10.9 Å². The number of primary amides is 1. The third-order valence-electron chi connectivity index (χ3n) is 4.76. The molecule has 1 aliphatic heterocycles. The maximum atomic E-state index is 12.8. The molecule has 1 aromatic carbocycles. The molecule has 1 saturated carbocycles. The molecule has 11 heteroatoms. The van der Waals surface area contributed by atoms with E-state index in [2.05, 4.69) is 15.8 Å². The summed E-state index contributed by atoms with van der Waals surface area (Å²) < 4.78 is 42.5. The van der Waals surface area contributed by atoms with Crippen LogP contribution in [0.3, 0.4) is 0 Å². The predicted octanol–water partition coefficient (Wildman–Crippen LogP) is 2.55. The quantitative estimate of drug-likeness (QED) is 0.505. The maximum absolute atomic E-state index is 12.8.